The van der Waals surface area contributed by atoms with Gasteiger partial charge in [0.05, 0.1) is 7.11 Å². The van der Waals surface area contributed by atoms with Gasteiger partial charge in [-0.1, -0.05) is 13.8 Å². The number of ether oxygens (including phenoxy) is 2. The zero-order valence-electron chi connectivity index (χ0n) is 10.4. The summed E-state index contributed by atoms with van der Waals surface area (Å²) in [5.74, 6) is -0.546. The van der Waals surface area contributed by atoms with Crippen LogP contribution >= 0.6 is 0 Å². The summed E-state index contributed by atoms with van der Waals surface area (Å²) < 4.78 is 9.46. The van der Waals surface area contributed by atoms with Gasteiger partial charge >= 0.3 is 5.97 Å². The van der Waals surface area contributed by atoms with E-state index in [1.807, 2.05) is 13.8 Å². The summed E-state index contributed by atoms with van der Waals surface area (Å²) in [5.41, 5.74) is 0. The van der Waals surface area contributed by atoms with E-state index in [1.165, 1.54) is 7.11 Å². The average molecular weight is 231 g/mol. The van der Waals surface area contributed by atoms with Gasteiger partial charge < -0.3 is 14.8 Å². The molecule has 94 valence electrons. The third-order valence-corrected chi connectivity index (χ3v) is 2.19. The van der Waals surface area contributed by atoms with Crippen LogP contribution in [0.5, 0.6) is 0 Å². The number of hydrogen-bond acceptors (Lipinski definition) is 4. The van der Waals surface area contributed by atoms with Crippen LogP contribution < -0.4 is 5.32 Å². The van der Waals surface area contributed by atoms with Crippen LogP contribution in [0.4, 0.5) is 0 Å². The molecule has 0 spiro atoms. The second kappa shape index (κ2) is 8.10. The van der Waals surface area contributed by atoms with Gasteiger partial charge in [-0.3, -0.25) is 4.79 Å². The Hall–Kier alpha value is -1.10. The zero-order valence-corrected chi connectivity index (χ0v) is 10.4. The zero-order chi connectivity index (χ0) is 12.6. The van der Waals surface area contributed by atoms with Crippen molar-refractivity contribution in [1.29, 1.82) is 0 Å². The van der Waals surface area contributed by atoms with Crippen molar-refractivity contribution in [1.82, 2.24) is 5.32 Å². The van der Waals surface area contributed by atoms with Crippen molar-refractivity contribution in [2.45, 2.75) is 32.7 Å². The minimum atomic E-state index is -0.569. The first-order valence-electron chi connectivity index (χ1n) is 5.39. The molecule has 0 aliphatic rings. The van der Waals surface area contributed by atoms with Crippen molar-refractivity contribution in [2.24, 2.45) is 5.92 Å². The summed E-state index contributed by atoms with van der Waals surface area (Å²) >= 11 is 0. The molecule has 0 aromatic carbocycles. The van der Waals surface area contributed by atoms with E-state index in [4.69, 9.17) is 4.74 Å². The number of esters is 1. The second-order valence-corrected chi connectivity index (χ2v) is 3.91. The Morgan fingerprint density at radius 1 is 1.25 bits per heavy atom. The highest BCUT2D eigenvalue weighted by Crippen LogP contribution is 2.04. The second-order valence-electron chi connectivity index (χ2n) is 3.91. The molecule has 0 rings (SSSR count). The van der Waals surface area contributed by atoms with Gasteiger partial charge in [0.15, 0.2) is 0 Å². The molecular formula is C11H21NO4. The van der Waals surface area contributed by atoms with Crippen molar-refractivity contribution in [3.05, 3.63) is 0 Å². The van der Waals surface area contributed by atoms with E-state index >= 15 is 0 Å². The first-order chi connectivity index (χ1) is 7.52. The number of rotatable bonds is 7. The van der Waals surface area contributed by atoms with Gasteiger partial charge in [0.1, 0.15) is 6.04 Å². The molecule has 0 fully saturated rings. The molecule has 0 aromatic rings. The molecule has 0 bridgehead atoms. The third kappa shape index (κ3) is 5.70. The maximum atomic E-state index is 11.5. The maximum Gasteiger partial charge on any atom is 0.328 e. The third-order valence-electron chi connectivity index (χ3n) is 2.19. The Morgan fingerprint density at radius 3 is 2.31 bits per heavy atom. The Balaban J connectivity index is 4.09. The summed E-state index contributed by atoms with van der Waals surface area (Å²) in [6.07, 6.45) is 1.00. The monoisotopic (exact) mass is 231 g/mol. The van der Waals surface area contributed by atoms with Crippen molar-refractivity contribution in [3.63, 3.8) is 0 Å². The molecule has 0 aromatic heterocycles. The number of amides is 1. The minimum Gasteiger partial charge on any atom is -0.467 e. The van der Waals surface area contributed by atoms with Crippen LogP contribution in [0.15, 0.2) is 0 Å². The molecular weight excluding hydrogens is 210 g/mol. The van der Waals surface area contributed by atoms with E-state index in [0.29, 0.717) is 19.4 Å². The maximum absolute atomic E-state index is 11.5. The number of carbonyl (C=O) groups excluding carboxylic acids is 2. The predicted octanol–water partition coefficient (Wildman–Crippen LogP) is 0.727. The molecule has 0 aliphatic heterocycles. The van der Waals surface area contributed by atoms with E-state index < -0.39 is 12.0 Å². The number of methoxy groups -OCH3 is 2. The summed E-state index contributed by atoms with van der Waals surface area (Å²) in [7, 11) is 2.90. The molecule has 1 atom stereocenters. The number of carbonyl (C=O) groups is 2. The predicted molar refractivity (Wildman–Crippen MR) is 59.9 cm³/mol. The first-order valence-corrected chi connectivity index (χ1v) is 5.39. The fourth-order valence-corrected chi connectivity index (χ4v) is 1.25. The fraction of sp³-hybridized carbons (Fsp3) is 0.818. The quantitative estimate of drug-likeness (QED) is 0.518. The van der Waals surface area contributed by atoms with Crippen LogP contribution in [0.2, 0.25) is 0 Å². The van der Waals surface area contributed by atoms with Gasteiger partial charge in [0.2, 0.25) is 5.91 Å². The van der Waals surface area contributed by atoms with E-state index in [9.17, 15) is 9.59 Å². The van der Waals surface area contributed by atoms with E-state index in [-0.39, 0.29) is 11.8 Å². The lowest BCUT2D eigenvalue weighted by molar-refractivity contribution is -0.146. The summed E-state index contributed by atoms with van der Waals surface area (Å²) in [6.45, 7) is 4.26. The van der Waals surface area contributed by atoms with Crippen molar-refractivity contribution in [3.8, 4) is 0 Å². The van der Waals surface area contributed by atoms with Gasteiger partial charge in [0.25, 0.3) is 0 Å². The van der Waals surface area contributed by atoms with Gasteiger partial charge in [-0.15, -0.1) is 0 Å². The highest BCUT2D eigenvalue weighted by atomic mass is 16.5. The molecule has 16 heavy (non-hydrogen) atoms. The van der Waals surface area contributed by atoms with Crippen molar-refractivity contribution < 1.29 is 19.1 Å². The molecule has 0 aliphatic carbocycles. The fourth-order valence-electron chi connectivity index (χ4n) is 1.25. The normalized spacial score (nSPS) is 12.3. The topological polar surface area (TPSA) is 64.6 Å². The van der Waals surface area contributed by atoms with Crippen LogP contribution in [0.3, 0.4) is 0 Å². The lowest BCUT2D eigenvalue weighted by Crippen LogP contribution is -2.45. The molecule has 0 heterocycles. The standard InChI is InChI=1S/C11H21NO4/c1-8(2)10(11(14)16-4)12-9(13)6-5-7-15-3/h8,10H,5-7H2,1-4H3,(H,12,13). The Morgan fingerprint density at radius 2 is 1.88 bits per heavy atom. The van der Waals surface area contributed by atoms with Gasteiger partial charge in [-0.25, -0.2) is 4.79 Å². The van der Waals surface area contributed by atoms with Gasteiger partial charge in [-0.2, -0.15) is 0 Å². The van der Waals surface area contributed by atoms with Crippen LogP contribution in [0.25, 0.3) is 0 Å². The molecule has 0 radical (unpaired) electrons. The Bertz CT molecular complexity index is 228. The minimum absolute atomic E-state index is 0.0128. The molecule has 0 saturated heterocycles. The summed E-state index contributed by atoms with van der Waals surface area (Å²) in [5, 5.41) is 2.66. The largest absolute Gasteiger partial charge is 0.467 e. The first kappa shape index (κ1) is 14.9. The average Bonchev–Trinajstić information content (AvgIpc) is 2.25. The Kier molecular flexibility index (Phi) is 7.54. The van der Waals surface area contributed by atoms with Gasteiger partial charge in [-0.05, 0) is 12.3 Å². The Labute approximate surface area is 96.5 Å². The van der Waals surface area contributed by atoms with Crippen molar-refractivity contribution in [2.75, 3.05) is 20.8 Å². The lowest BCUT2D eigenvalue weighted by atomic mass is 10.0. The van der Waals surface area contributed by atoms with Crippen LogP contribution in [0.1, 0.15) is 26.7 Å². The highest BCUT2D eigenvalue weighted by Gasteiger charge is 2.24. The molecule has 5 nitrogen and oxygen atoms in total. The SMILES string of the molecule is COCCCC(=O)NC(C(=O)OC)C(C)C. The smallest absolute Gasteiger partial charge is 0.328 e. The number of nitrogens with one attached hydrogen (secondary N) is 1. The van der Waals surface area contributed by atoms with Crippen LogP contribution in [0, 0.1) is 5.92 Å². The molecule has 5 heteroatoms. The van der Waals surface area contributed by atoms with E-state index in [2.05, 4.69) is 10.1 Å². The highest BCUT2D eigenvalue weighted by molar-refractivity contribution is 5.84. The molecule has 1 amide bonds. The number of hydrogen-bond donors (Lipinski definition) is 1. The van der Waals surface area contributed by atoms with Crippen LogP contribution in [-0.4, -0.2) is 38.7 Å². The summed E-state index contributed by atoms with van der Waals surface area (Å²) in [6, 6.07) is -0.569. The molecule has 0 saturated carbocycles. The molecule has 1 N–H and O–H groups in total. The van der Waals surface area contributed by atoms with Crippen LogP contribution in [-0.2, 0) is 19.1 Å². The summed E-state index contributed by atoms with van der Waals surface area (Å²) in [4.78, 5) is 22.8. The van der Waals surface area contributed by atoms with E-state index in [0.717, 1.165) is 0 Å². The molecule has 1 unspecified atom stereocenters. The lowest BCUT2D eigenvalue weighted by Gasteiger charge is -2.19. The van der Waals surface area contributed by atoms with Gasteiger partial charge in [0, 0.05) is 20.1 Å². The van der Waals surface area contributed by atoms with E-state index in [1.54, 1.807) is 7.11 Å². The van der Waals surface area contributed by atoms with Crippen molar-refractivity contribution >= 4 is 11.9 Å².